The fourth-order valence-electron chi connectivity index (χ4n) is 3.57. The molecule has 0 aliphatic heterocycles. The van der Waals surface area contributed by atoms with Crippen molar-refractivity contribution < 1.29 is 9.84 Å². The van der Waals surface area contributed by atoms with Crippen molar-refractivity contribution in [1.29, 1.82) is 0 Å². The summed E-state index contributed by atoms with van der Waals surface area (Å²) < 4.78 is 8.54. The minimum Gasteiger partial charge on any atom is -0.504 e. The normalized spacial score (nSPS) is 10.8. The number of rotatable bonds is 1. The molecule has 10 heteroatoms. The largest absolute Gasteiger partial charge is 0.504 e. The van der Waals surface area contributed by atoms with Crippen LogP contribution in [0.3, 0.4) is 0 Å². The van der Waals surface area contributed by atoms with Crippen LogP contribution >= 0.6 is 63.7 Å². The van der Waals surface area contributed by atoms with Gasteiger partial charge in [-0.15, -0.1) is 0 Å². The van der Waals surface area contributed by atoms with Crippen molar-refractivity contribution in [2.45, 2.75) is 7.43 Å². The minimum absolute atomic E-state index is 0. The van der Waals surface area contributed by atoms with Crippen LogP contribution in [-0.2, 0) is 0 Å². The van der Waals surface area contributed by atoms with E-state index in [1.807, 2.05) is 54.6 Å². The van der Waals surface area contributed by atoms with Gasteiger partial charge < -0.3 is 9.84 Å². The molecule has 0 bridgehead atoms. The third-order valence-electron chi connectivity index (χ3n) is 5.19. The van der Waals surface area contributed by atoms with Gasteiger partial charge in [0.15, 0.2) is 11.5 Å². The zero-order chi connectivity index (χ0) is 24.7. The van der Waals surface area contributed by atoms with Crippen LogP contribution in [0, 0.1) is 0 Å². The van der Waals surface area contributed by atoms with Crippen molar-refractivity contribution in [3.8, 4) is 11.5 Å². The lowest BCUT2D eigenvalue weighted by molar-refractivity contribution is 0.416. The molecule has 0 fully saturated rings. The number of benzene rings is 4. The van der Waals surface area contributed by atoms with Gasteiger partial charge in [-0.2, -0.15) is 0 Å². The standard InChI is InChI=1S/C13H8Br2N2O.C12H6Br2N2O.CH4/c1-18-13-8(15)6-7(14)11-12(13)17-10-5-3-2-4-9(10)16-11;13-6-5-7(14)12(17)11-10(6)15-8-3-1-2-4-9(8)16-11;/h2-6H,1H3;1-5,17H;1H4. The Morgan fingerprint density at radius 2 is 0.972 bits per heavy atom. The Morgan fingerprint density at radius 3 is 1.44 bits per heavy atom. The summed E-state index contributed by atoms with van der Waals surface area (Å²) in [5.74, 6) is 0.813. The van der Waals surface area contributed by atoms with Crippen molar-refractivity contribution in [2.24, 2.45) is 0 Å². The Morgan fingerprint density at radius 1 is 0.583 bits per heavy atom. The number of fused-ring (bicyclic) bond motifs is 4. The lowest BCUT2D eigenvalue weighted by Gasteiger charge is -2.09. The number of halogens is 4. The van der Waals surface area contributed by atoms with E-state index >= 15 is 0 Å². The molecular weight excluding hydrogens is 720 g/mol. The molecule has 36 heavy (non-hydrogen) atoms. The molecule has 0 amide bonds. The van der Waals surface area contributed by atoms with Gasteiger partial charge in [0.25, 0.3) is 0 Å². The SMILES string of the molecule is C.COc1c(Br)cc(Br)c2nc3ccccc3nc12.Oc1c(Br)cc(Br)c2nc3ccccc3nc12. The Hall–Kier alpha value is -2.40. The number of nitrogens with zero attached hydrogens (tertiary/aromatic N) is 4. The van der Waals surface area contributed by atoms with E-state index in [2.05, 4.69) is 83.7 Å². The number of hydrogen-bond donors (Lipinski definition) is 1. The molecule has 0 unspecified atom stereocenters. The highest BCUT2D eigenvalue weighted by Gasteiger charge is 2.14. The number of phenolic OH excluding ortho intramolecular Hbond substituents is 1. The van der Waals surface area contributed by atoms with Gasteiger partial charge in [-0.25, -0.2) is 19.9 Å². The Labute approximate surface area is 240 Å². The molecule has 182 valence electrons. The fourth-order valence-corrected chi connectivity index (χ4v) is 6.19. The van der Waals surface area contributed by atoms with Crippen molar-refractivity contribution in [3.05, 3.63) is 78.6 Å². The fraction of sp³-hybridized carbons (Fsp3) is 0.0769. The first-order chi connectivity index (χ1) is 16.9. The van der Waals surface area contributed by atoms with Crippen LogP contribution < -0.4 is 4.74 Å². The van der Waals surface area contributed by atoms with Crippen LogP contribution in [-0.4, -0.2) is 32.2 Å². The summed E-state index contributed by atoms with van der Waals surface area (Å²) in [6.07, 6.45) is 0. The first-order valence-electron chi connectivity index (χ1n) is 10.2. The van der Waals surface area contributed by atoms with Crippen LogP contribution in [0.1, 0.15) is 7.43 Å². The number of para-hydroxylation sites is 4. The van der Waals surface area contributed by atoms with E-state index in [9.17, 15) is 5.11 Å². The number of aromatic hydroxyl groups is 1. The predicted octanol–water partition coefficient (Wildman–Crippen LogP) is 8.97. The molecule has 2 aromatic heterocycles. The Kier molecular flexibility index (Phi) is 8.09. The highest BCUT2D eigenvalue weighted by molar-refractivity contribution is 9.11. The average Bonchev–Trinajstić information content (AvgIpc) is 2.86. The molecule has 0 spiro atoms. The van der Waals surface area contributed by atoms with Crippen molar-refractivity contribution in [3.63, 3.8) is 0 Å². The van der Waals surface area contributed by atoms with Crippen LogP contribution in [0.4, 0.5) is 0 Å². The van der Waals surface area contributed by atoms with Gasteiger partial charge in [-0.05, 0) is 100 Å². The summed E-state index contributed by atoms with van der Waals surface area (Å²) in [6.45, 7) is 0. The molecule has 0 saturated carbocycles. The third-order valence-corrected chi connectivity index (χ3v) is 7.59. The molecule has 0 aliphatic rings. The van der Waals surface area contributed by atoms with E-state index in [0.717, 1.165) is 46.5 Å². The smallest absolute Gasteiger partial charge is 0.160 e. The lowest BCUT2D eigenvalue weighted by Crippen LogP contribution is -1.93. The maximum Gasteiger partial charge on any atom is 0.160 e. The molecular formula is C26H18Br4N4O2. The zero-order valence-corrected chi connectivity index (χ0v) is 24.3. The molecule has 1 N–H and O–H groups in total. The quantitative estimate of drug-likeness (QED) is 0.170. The molecule has 0 saturated heterocycles. The second-order valence-corrected chi connectivity index (χ2v) is 10.8. The van der Waals surface area contributed by atoms with Crippen LogP contribution in [0.2, 0.25) is 0 Å². The first-order valence-corrected chi connectivity index (χ1v) is 13.4. The van der Waals surface area contributed by atoms with E-state index in [1.54, 1.807) is 13.2 Å². The molecule has 6 nitrogen and oxygen atoms in total. The zero-order valence-electron chi connectivity index (χ0n) is 17.9. The molecule has 6 aromatic rings. The van der Waals surface area contributed by atoms with Crippen LogP contribution in [0.5, 0.6) is 11.5 Å². The van der Waals surface area contributed by atoms with Gasteiger partial charge in [0.2, 0.25) is 0 Å². The van der Waals surface area contributed by atoms with Gasteiger partial charge in [-0.1, -0.05) is 31.7 Å². The third kappa shape index (κ3) is 4.91. The second-order valence-electron chi connectivity index (χ2n) is 7.38. The van der Waals surface area contributed by atoms with E-state index in [-0.39, 0.29) is 13.2 Å². The molecule has 6 rings (SSSR count). The maximum absolute atomic E-state index is 9.97. The topological polar surface area (TPSA) is 81.0 Å². The van der Waals surface area contributed by atoms with Crippen molar-refractivity contribution in [1.82, 2.24) is 19.9 Å². The highest BCUT2D eigenvalue weighted by Crippen LogP contribution is 2.38. The van der Waals surface area contributed by atoms with Crippen LogP contribution in [0.15, 0.2) is 78.6 Å². The highest BCUT2D eigenvalue weighted by atomic mass is 79.9. The summed E-state index contributed by atoms with van der Waals surface area (Å²) >= 11 is 13.7. The number of hydrogen-bond acceptors (Lipinski definition) is 6. The van der Waals surface area contributed by atoms with Crippen LogP contribution in [0.25, 0.3) is 44.1 Å². The van der Waals surface area contributed by atoms with E-state index < -0.39 is 0 Å². The van der Waals surface area contributed by atoms with E-state index in [0.29, 0.717) is 21.3 Å². The number of aromatic nitrogens is 4. The number of ether oxygens (including phenoxy) is 1. The van der Waals surface area contributed by atoms with Gasteiger partial charge in [-0.3, -0.25) is 0 Å². The minimum atomic E-state index is 0. The number of methoxy groups -OCH3 is 1. The molecule has 0 atom stereocenters. The summed E-state index contributed by atoms with van der Waals surface area (Å²) in [7, 11) is 1.63. The summed E-state index contributed by atoms with van der Waals surface area (Å²) in [5.41, 5.74) is 5.99. The summed E-state index contributed by atoms with van der Waals surface area (Å²) in [5, 5.41) is 9.97. The Balaban J connectivity index is 0.000000165. The second kappa shape index (κ2) is 10.9. The lowest BCUT2D eigenvalue weighted by atomic mass is 10.2. The van der Waals surface area contributed by atoms with E-state index in [1.165, 1.54) is 0 Å². The van der Waals surface area contributed by atoms with Crippen molar-refractivity contribution >= 4 is 108 Å². The van der Waals surface area contributed by atoms with Gasteiger partial charge in [0.05, 0.1) is 38.1 Å². The molecule has 4 aromatic carbocycles. The van der Waals surface area contributed by atoms with Gasteiger partial charge in [0.1, 0.15) is 22.1 Å². The average molecular weight is 738 g/mol. The monoisotopic (exact) mass is 734 g/mol. The molecule has 0 radical (unpaired) electrons. The number of phenols is 1. The Bertz CT molecular complexity index is 1760. The predicted molar refractivity (Wildman–Crippen MR) is 160 cm³/mol. The summed E-state index contributed by atoms with van der Waals surface area (Å²) in [4.78, 5) is 18.2. The summed E-state index contributed by atoms with van der Waals surface area (Å²) in [6, 6.07) is 19.0. The van der Waals surface area contributed by atoms with Gasteiger partial charge in [0, 0.05) is 8.95 Å². The molecule has 2 heterocycles. The molecule has 0 aliphatic carbocycles. The maximum atomic E-state index is 9.97. The van der Waals surface area contributed by atoms with Gasteiger partial charge >= 0.3 is 0 Å². The first kappa shape index (κ1) is 26.7. The van der Waals surface area contributed by atoms with Crippen molar-refractivity contribution in [2.75, 3.05) is 7.11 Å². The van der Waals surface area contributed by atoms with E-state index in [4.69, 9.17) is 4.74 Å².